The molecule has 0 aromatic carbocycles. The number of halogens is 3. The van der Waals surface area contributed by atoms with Gasteiger partial charge >= 0.3 is 0 Å². The monoisotopic (exact) mass is 251 g/mol. The van der Waals surface area contributed by atoms with E-state index < -0.39 is 6.43 Å². The maximum Gasteiger partial charge on any atom is 0.265 e. The molecular formula is C8H8BrF2NO. The molecule has 13 heavy (non-hydrogen) atoms. The van der Waals surface area contributed by atoms with Crippen LogP contribution in [0.2, 0.25) is 0 Å². The van der Waals surface area contributed by atoms with E-state index in [2.05, 4.69) is 20.9 Å². The second-order valence-corrected chi connectivity index (χ2v) is 3.32. The Labute approximate surface area is 82.7 Å². The Bertz CT molecular complexity index is 317. The molecule has 1 N–H and O–H groups in total. The minimum atomic E-state index is -2.55. The van der Waals surface area contributed by atoms with Crippen LogP contribution in [0, 0.1) is 6.92 Å². The topological polar surface area (TPSA) is 33.1 Å². The average molecular weight is 252 g/mol. The highest BCUT2D eigenvalue weighted by Crippen LogP contribution is 2.25. The maximum absolute atomic E-state index is 12.3. The Balaban J connectivity index is 3.22. The molecule has 0 aliphatic rings. The molecule has 0 fully saturated rings. The highest BCUT2D eigenvalue weighted by atomic mass is 79.9. The number of pyridine rings is 1. The van der Waals surface area contributed by atoms with Gasteiger partial charge in [0, 0.05) is 16.8 Å². The summed E-state index contributed by atoms with van der Waals surface area (Å²) in [5, 5.41) is 8.80. The molecule has 5 heteroatoms. The lowest BCUT2D eigenvalue weighted by Gasteiger charge is -2.07. The molecule has 1 aromatic rings. The normalized spacial score (nSPS) is 10.9. The van der Waals surface area contributed by atoms with E-state index in [1.165, 1.54) is 13.0 Å². The lowest BCUT2D eigenvalue weighted by molar-refractivity contribution is 0.149. The van der Waals surface area contributed by atoms with Crippen LogP contribution in [-0.2, 0) is 6.61 Å². The number of alkyl halides is 2. The van der Waals surface area contributed by atoms with Gasteiger partial charge in [-0.05, 0) is 28.9 Å². The number of aliphatic hydroxyl groups excluding tert-OH is 1. The van der Waals surface area contributed by atoms with Gasteiger partial charge in [0.05, 0.1) is 6.61 Å². The highest BCUT2D eigenvalue weighted by molar-refractivity contribution is 9.10. The molecule has 1 aromatic heterocycles. The van der Waals surface area contributed by atoms with E-state index in [0.717, 1.165) is 0 Å². The lowest BCUT2D eigenvalue weighted by Crippen LogP contribution is -1.98. The molecule has 72 valence electrons. The molecule has 0 aliphatic heterocycles. The predicted octanol–water partition coefficient (Wildman–Crippen LogP) is 2.58. The van der Waals surface area contributed by atoms with Crippen molar-refractivity contribution >= 4 is 15.9 Å². The quantitative estimate of drug-likeness (QED) is 0.820. The fourth-order valence-corrected chi connectivity index (χ4v) is 1.47. The molecule has 0 unspecified atom stereocenters. The molecule has 0 bridgehead atoms. The average Bonchev–Trinajstić information content (AvgIpc) is 2.03. The van der Waals surface area contributed by atoms with E-state index in [1.807, 2.05) is 0 Å². The Morgan fingerprint density at radius 2 is 2.23 bits per heavy atom. The first-order chi connectivity index (χ1) is 6.06. The van der Waals surface area contributed by atoms with E-state index in [-0.39, 0.29) is 17.9 Å². The molecule has 0 aliphatic carbocycles. The lowest BCUT2D eigenvalue weighted by atomic mass is 10.1. The Kier molecular flexibility index (Phi) is 3.33. The zero-order chi connectivity index (χ0) is 10.0. The van der Waals surface area contributed by atoms with Crippen LogP contribution in [0.25, 0.3) is 0 Å². The molecular weight excluding hydrogens is 244 g/mol. The van der Waals surface area contributed by atoms with Gasteiger partial charge in [-0.25, -0.2) is 13.8 Å². The second-order valence-electron chi connectivity index (χ2n) is 2.57. The third kappa shape index (κ3) is 2.22. The molecule has 0 spiro atoms. The van der Waals surface area contributed by atoms with E-state index in [9.17, 15) is 8.78 Å². The summed E-state index contributed by atoms with van der Waals surface area (Å²) in [4.78, 5) is 3.84. The number of aryl methyl sites for hydroxylation is 1. The predicted molar refractivity (Wildman–Crippen MR) is 47.6 cm³/mol. The SMILES string of the molecule is Cc1nc(Br)c(CO)cc1C(F)F. The number of hydrogen-bond donors (Lipinski definition) is 1. The maximum atomic E-state index is 12.3. The van der Waals surface area contributed by atoms with Crippen molar-refractivity contribution in [3.63, 3.8) is 0 Å². The summed E-state index contributed by atoms with van der Waals surface area (Å²) in [6, 6.07) is 1.26. The fourth-order valence-electron chi connectivity index (χ4n) is 0.967. The largest absolute Gasteiger partial charge is 0.392 e. The van der Waals surface area contributed by atoms with E-state index in [0.29, 0.717) is 10.2 Å². The van der Waals surface area contributed by atoms with Gasteiger partial charge in [0.2, 0.25) is 0 Å². The van der Waals surface area contributed by atoms with Crippen molar-refractivity contribution in [3.8, 4) is 0 Å². The van der Waals surface area contributed by atoms with Gasteiger partial charge in [-0.15, -0.1) is 0 Å². The Hall–Kier alpha value is -0.550. The van der Waals surface area contributed by atoms with Crippen LogP contribution < -0.4 is 0 Å². The van der Waals surface area contributed by atoms with Crippen molar-refractivity contribution in [1.29, 1.82) is 0 Å². The Morgan fingerprint density at radius 3 is 2.69 bits per heavy atom. The summed E-state index contributed by atoms with van der Waals surface area (Å²) in [5.74, 6) is 0. The summed E-state index contributed by atoms with van der Waals surface area (Å²) in [6.07, 6.45) is -2.55. The standard InChI is InChI=1S/C8H8BrF2NO/c1-4-6(8(10)11)2-5(3-13)7(9)12-4/h2,8,13H,3H2,1H3. The van der Waals surface area contributed by atoms with Crippen molar-refractivity contribution in [2.45, 2.75) is 20.0 Å². The van der Waals surface area contributed by atoms with Gasteiger partial charge in [-0.3, -0.25) is 0 Å². The number of rotatable bonds is 2. The molecule has 0 atom stereocenters. The van der Waals surface area contributed by atoms with Crippen LogP contribution in [0.15, 0.2) is 10.7 Å². The summed E-state index contributed by atoms with van der Waals surface area (Å²) >= 11 is 3.07. The summed E-state index contributed by atoms with van der Waals surface area (Å²) in [6.45, 7) is 1.21. The van der Waals surface area contributed by atoms with Crippen molar-refractivity contribution in [1.82, 2.24) is 4.98 Å². The molecule has 0 radical (unpaired) electrons. The van der Waals surface area contributed by atoms with Crippen LogP contribution in [0.3, 0.4) is 0 Å². The summed E-state index contributed by atoms with van der Waals surface area (Å²) < 4.78 is 25.1. The van der Waals surface area contributed by atoms with Gasteiger partial charge in [-0.1, -0.05) is 0 Å². The van der Waals surface area contributed by atoms with Crippen LogP contribution in [-0.4, -0.2) is 10.1 Å². The minimum Gasteiger partial charge on any atom is -0.392 e. The second kappa shape index (κ2) is 4.11. The fraction of sp³-hybridized carbons (Fsp3) is 0.375. The first-order valence-electron chi connectivity index (χ1n) is 3.61. The van der Waals surface area contributed by atoms with Gasteiger partial charge in [0.25, 0.3) is 6.43 Å². The molecule has 0 amide bonds. The van der Waals surface area contributed by atoms with Crippen molar-refractivity contribution < 1.29 is 13.9 Å². The van der Waals surface area contributed by atoms with Gasteiger partial charge < -0.3 is 5.11 Å². The number of aromatic nitrogens is 1. The summed E-state index contributed by atoms with van der Waals surface area (Å²) in [7, 11) is 0. The number of aliphatic hydroxyl groups is 1. The molecule has 0 saturated heterocycles. The first kappa shape index (κ1) is 10.5. The Morgan fingerprint density at radius 1 is 1.62 bits per heavy atom. The minimum absolute atomic E-state index is 0.132. The van der Waals surface area contributed by atoms with Crippen molar-refractivity contribution in [2.75, 3.05) is 0 Å². The third-order valence-corrected chi connectivity index (χ3v) is 2.37. The van der Waals surface area contributed by atoms with E-state index >= 15 is 0 Å². The number of hydrogen-bond acceptors (Lipinski definition) is 2. The number of nitrogens with zero attached hydrogens (tertiary/aromatic N) is 1. The first-order valence-corrected chi connectivity index (χ1v) is 4.40. The van der Waals surface area contributed by atoms with Crippen LogP contribution in [0.1, 0.15) is 23.2 Å². The highest BCUT2D eigenvalue weighted by Gasteiger charge is 2.14. The van der Waals surface area contributed by atoms with Gasteiger partial charge in [0.15, 0.2) is 0 Å². The zero-order valence-corrected chi connectivity index (χ0v) is 8.48. The van der Waals surface area contributed by atoms with Crippen LogP contribution >= 0.6 is 15.9 Å². The van der Waals surface area contributed by atoms with Gasteiger partial charge in [0.1, 0.15) is 4.60 Å². The van der Waals surface area contributed by atoms with Gasteiger partial charge in [-0.2, -0.15) is 0 Å². The third-order valence-electron chi connectivity index (χ3n) is 1.68. The summed E-state index contributed by atoms with van der Waals surface area (Å²) in [5.41, 5.74) is 0.521. The van der Waals surface area contributed by atoms with E-state index in [1.54, 1.807) is 0 Å². The molecule has 0 saturated carbocycles. The molecule has 1 heterocycles. The van der Waals surface area contributed by atoms with Crippen molar-refractivity contribution in [2.24, 2.45) is 0 Å². The molecule has 1 rings (SSSR count). The van der Waals surface area contributed by atoms with Crippen LogP contribution in [0.4, 0.5) is 8.78 Å². The van der Waals surface area contributed by atoms with E-state index in [4.69, 9.17) is 5.11 Å². The van der Waals surface area contributed by atoms with Crippen molar-refractivity contribution in [3.05, 3.63) is 27.5 Å². The zero-order valence-electron chi connectivity index (χ0n) is 6.89. The smallest absolute Gasteiger partial charge is 0.265 e. The molecule has 2 nitrogen and oxygen atoms in total. The van der Waals surface area contributed by atoms with Crippen LogP contribution in [0.5, 0.6) is 0 Å².